The van der Waals surface area contributed by atoms with E-state index in [-0.39, 0.29) is 86.0 Å². The Kier molecular flexibility index (Phi) is 27.6. The van der Waals surface area contributed by atoms with Gasteiger partial charge in [0.2, 0.25) is 0 Å². The van der Waals surface area contributed by atoms with Crippen LogP contribution in [0.5, 0.6) is 0 Å². The average Bonchev–Trinajstić information content (AvgIpc) is 0.760. The minimum atomic E-state index is -2.71. The number of esters is 1. The third-order valence-corrected chi connectivity index (χ3v) is 37.6. The highest BCUT2D eigenvalue weighted by molar-refractivity contribution is 7.99. The summed E-state index contributed by atoms with van der Waals surface area (Å²) in [5, 5.41) is 39.2. The molecule has 3 aliphatic rings. The van der Waals surface area contributed by atoms with Crippen LogP contribution in [0.15, 0.2) is 182 Å². The van der Waals surface area contributed by atoms with Crippen molar-refractivity contribution in [3.8, 4) is 0 Å². The fourth-order valence-electron chi connectivity index (χ4n) is 14.1. The van der Waals surface area contributed by atoms with Crippen molar-refractivity contribution < 1.29 is 52.3 Å². The summed E-state index contributed by atoms with van der Waals surface area (Å²) in [5.41, 5.74) is -0.0492. The van der Waals surface area contributed by atoms with Gasteiger partial charge in [-0.3, -0.25) is 4.79 Å². The molecule has 3 fully saturated rings. The number of aliphatic hydroxyl groups is 3. The summed E-state index contributed by atoms with van der Waals surface area (Å²) in [5.74, 6) is 0.504. The molecule has 0 aromatic heterocycles. The lowest BCUT2D eigenvalue weighted by Gasteiger charge is -2.47. The first kappa shape index (κ1) is 76.5. The van der Waals surface area contributed by atoms with Crippen LogP contribution < -0.4 is 31.1 Å². The number of carbonyl (C=O) groups is 1. The fraction of sp³-hybridized carbons (Fsp3) is 0.513. The summed E-state index contributed by atoms with van der Waals surface area (Å²) in [4.78, 5) is 11.9. The van der Waals surface area contributed by atoms with Crippen LogP contribution in [0.1, 0.15) is 104 Å². The van der Waals surface area contributed by atoms with Gasteiger partial charge >= 0.3 is 5.97 Å². The summed E-state index contributed by atoms with van der Waals surface area (Å²) < 4.78 is 45.8. The molecule has 3 N–H and O–H groups in total. The SMILES string of the molecule is CSC1OC(CO[Si](c2ccccc2)(c2ccccc2)C(C)(C)C)[C@H](O)[C@H](C)[C@@H]1C.CSC1OC(CO[Si](c2ccccc2)(c2ccccc2)C(C)(C)C)[C@H](O)[C@H](O)[C@@H]1C.CSC1OC(CO[Si](c2ccccc2)(c2ccccc2)C(C)(C)C)[C@H](OC(C)=O)[C@H](C)[C@@H]1C. The molecule has 17 heteroatoms. The lowest BCUT2D eigenvalue weighted by Crippen LogP contribution is -2.68. The van der Waals surface area contributed by atoms with Gasteiger partial charge in [-0.1, -0.05) is 279 Å². The topological polar surface area (TPSA) is 142 Å². The van der Waals surface area contributed by atoms with Crippen molar-refractivity contribution in [3.05, 3.63) is 182 Å². The van der Waals surface area contributed by atoms with Gasteiger partial charge in [0.1, 0.15) is 46.8 Å². The molecule has 6 unspecified atom stereocenters. The normalized spacial score (nSPS) is 27.2. The molecular formula is C76H108O11S3Si3. The molecule has 11 nitrogen and oxygen atoms in total. The first-order valence-electron chi connectivity index (χ1n) is 33.1. The first-order chi connectivity index (χ1) is 44.1. The summed E-state index contributed by atoms with van der Waals surface area (Å²) >= 11 is 4.98. The molecule has 0 spiro atoms. The lowest BCUT2D eigenvalue weighted by molar-refractivity contribution is -0.185. The first-order valence-corrected chi connectivity index (χ1v) is 42.7. The van der Waals surface area contributed by atoms with E-state index in [0.29, 0.717) is 19.1 Å². The van der Waals surface area contributed by atoms with Crippen molar-refractivity contribution in [2.24, 2.45) is 29.6 Å². The van der Waals surface area contributed by atoms with Crippen molar-refractivity contribution in [2.45, 2.75) is 178 Å². The van der Waals surface area contributed by atoms with E-state index in [9.17, 15) is 20.1 Å². The van der Waals surface area contributed by atoms with E-state index in [1.54, 1.807) is 35.3 Å². The number of rotatable bonds is 19. The highest BCUT2D eigenvalue weighted by Gasteiger charge is 2.55. The van der Waals surface area contributed by atoms with Crippen LogP contribution in [0.25, 0.3) is 0 Å². The van der Waals surface area contributed by atoms with Gasteiger partial charge in [0, 0.05) is 18.8 Å². The molecule has 6 aromatic carbocycles. The van der Waals surface area contributed by atoms with Crippen LogP contribution in [-0.2, 0) is 37.0 Å². The number of aliphatic hydroxyl groups excluding tert-OH is 3. The molecule has 3 aliphatic heterocycles. The molecule has 3 saturated heterocycles. The predicted molar refractivity (Wildman–Crippen MR) is 397 cm³/mol. The number of benzene rings is 6. The Morgan fingerprint density at radius 3 is 0.892 bits per heavy atom. The minimum absolute atomic E-state index is 0.0413. The van der Waals surface area contributed by atoms with Gasteiger partial charge in [-0.15, -0.1) is 35.3 Å². The van der Waals surface area contributed by atoms with Crippen molar-refractivity contribution in [3.63, 3.8) is 0 Å². The Morgan fingerprint density at radius 2 is 0.624 bits per heavy atom. The summed E-state index contributed by atoms with van der Waals surface area (Å²) in [6.45, 7) is 33.2. The molecule has 508 valence electrons. The summed E-state index contributed by atoms with van der Waals surface area (Å²) in [6, 6.07) is 63.2. The van der Waals surface area contributed by atoms with Crippen molar-refractivity contribution in [1.82, 2.24) is 0 Å². The molecule has 0 amide bonds. The zero-order valence-corrected chi connectivity index (χ0v) is 63.9. The van der Waals surface area contributed by atoms with Gasteiger partial charge in [0.15, 0.2) is 0 Å². The number of thioether (sulfide) groups is 3. The molecule has 0 bridgehead atoms. The Balaban J connectivity index is 0.000000198. The second-order valence-electron chi connectivity index (χ2n) is 28.6. The van der Waals surface area contributed by atoms with E-state index in [1.165, 1.54) is 38.0 Å². The molecule has 15 atom stereocenters. The molecule has 93 heavy (non-hydrogen) atoms. The largest absolute Gasteiger partial charge is 0.459 e. The average molecular weight is 1380 g/mol. The number of carbonyl (C=O) groups excluding carboxylic acids is 1. The van der Waals surface area contributed by atoms with Crippen LogP contribution in [0.4, 0.5) is 0 Å². The summed E-state index contributed by atoms with van der Waals surface area (Å²) in [6.07, 6.45) is 2.23. The Morgan fingerprint density at radius 1 is 0.376 bits per heavy atom. The Bertz CT molecular complexity index is 2900. The monoisotopic (exact) mass is 1380 g/mol. The van der Waals surface area contributed by atoms with E-state index < -0.39 is 49.4 Å². The third-order valence-electron chi connectivity index (χ3n) is 19.6. The van der Waals surface area contributed by atoms with E-state index >= 15 is 0 Å². The quantitative estimate of drug-likeness (QED) is 0.0523. The van der Waals surface area contributed by atoms with Gasteiger partial charge < -0.3 is 47.5 Å². The molecule has 9 rings (SSSR count). The fourth-order valence-corrected chi connectivity index (χ4v) is 30.5. The number of ether oxygens (including phenoxy) is 4. The van der Waals surface area contributed by atoms with Crippen LogP contribution in [0, 0.1) is 29.6 Å². The smallest absolute Gasteiger partial charge is 0.303 e. The van der Waals surface area contributed by atoms with E-state index in [0.717, 1.165) is 0 Å². The third kappa shape index (κ3) is 17.2. The number of hydrogen-bond donors (Lipinski definition) is 3. The van der Waals surface area contributed by atoms with Crippen molar-refractivity contribution in [1.29, 1.82) is 0 Å². The van der Waals surface area contributed by atoms with E-state index in [1.807, 2.05) is 37.4 Å². The van der Waals surface area contributed by atoms with Crippen LogP contribution in [0.3, 0.4) is 0 Å². The van der Waals surface area contributed by atoms with Crippen molar-refractivity contribution in [2.75, 3.05) is 38.6 Å². The van der Waals surface area contributed by atoms with Gasteiger partial charge in [-0.05, 0) is 82.8 Å². The van der Waals surface area contributed by atoms with Crippen LogP contribution in [-0.4, -0.2) is 144 Å². The summed E-state index contributed by atoms with van der Waals surface area (Å²) in [7, 11) is -8.05. The maximum Gasteiger partial charge on any atom is 0.303 e. The lowest BCUT2D eigenvalue weighted by atomic mass is 9.85. The Hall–Kier alpha value is -3.87. The molecular weight excluding hydrogens is 1270 g/mol. The predicted octanol–water partition coefficient (Wildman–Crippen LogP) is 12.1. The van der Waals surface area contributed by atoms with Gasteiger partial charge in [0.25, 0.3) is 25.0 Å². The van der Waals surface area contributed by atoms with Gasteiger partial charge in [0.05, 0.1) is 32.0 Å². The van der Waals surface area contributed by atoms with E-state index in [4.69, 9.17) is 32.2 Å². The van der Waals surface area contributed by atoms with E-state index in [2.05, 4.69) is 260 Å². The highest BCUT2D eigenvalue weighted by Crippen LogP contribution is 2.43. The highest BCUT2D eigenvalue weighted by atomic mass is 32.2. The molecule has 3 heterocycles. The maximum absolute atomic E-state index is 11.9. The maximum atomic E-state index is 11.9. The number of hydrogen-bond acceptors (Lipinski definition) is 14. The molecule has 0 saturated carbocycles. The molecule has 0 aliphatic carbocycles. The minimum Gasteiger partial charge on any atom is -0.459 e. The van der Waals surface area contributed by atoms with Crippen molar-refractivity contribution >= 4 is 97.3 Å². The van der Waals surface area contributed by atoms with Gasteiger partial charge in [-0.25, -0.2) is 0 Å². The second kappa shape index (κ2) is 33.6. The van der Waals surface area contributed by atoms with Gasteiger partial charge in [-0.2, -0.15) is 0 Å². The second-order valence-corrected chi connectivity index (χ2v) is 44.3. The molecule has 0 radical (unpaired) electrons. The zero-order chi connectivity index (χ0) is 68.1. The van der Waals surface area contributed by atoms with Crippen LogP contribution >= 0.6 is 35.3 Å². The standard InChI is InChI=1S/C27H38O4SSi.C25H36O3SSi.C24H34O4SSi/c1-19-20(2)26(32-7)31-24(25(19)30-21(3)28)18-29-33(27(4,5)6,22-14-10-8-11-15-22)23-16-12-9-13-17-23;1-18-19(2)24(29-6)28-22(23(18)26)17-27-30(25(3,4)5,20-13-9-7-10-14-20)21-15-11-8-12-16-21;1-17-21(25)22(26)20(28-23(17)29-5)16-27-30(24(2,3)4,18-12-8-6-9-13-18)19-14-10-7-11-15-19/h8-17,19-20,24-26H,18H2,1-7H3;7-16,18-19,22-24,26H,17H2,1-6H3;6-15,17,20-23,25-26H,16H2,1-5H3/t19-,20+,24?,25-,26?;18-,19+,22?,23-,24?;17-,20?,21+,22-,23?/m110/s1. The zero-order valence-electron chi connectivity index (χ0n) is 58.4. The Labute approximate surface area is 574 Å². The molecule has 6 aromatic rings. The van der Waals surface area contributed by atoms with Crippen LogP contribution in [0.2, 0.25) is 15.1 Å².